The number of aryl methyl sites for hydroxylation is 1. The van der Waals surface area contributed by atoms with E-state index < -0.39 is 17.5 Å². The zero-order chi connectivity index (χ0) is 15.4. The second-order valence-electron chi connectivity index (χ2n) is 5.00. The van der Waals surface area contributed by atoms with Crippen molar-refractivity contribution in [3.05, 3.63) is 33.7 Å². The Bertz CT molecular complexity index is 596. The molecule has 0 aromatic carbocycles. The van der Waals surface area contributed by atoms with Gasteiger partial charge in [-0.1, -0.05) is 0 Å². The summed E-state index contributed by atoms with van der Waals surface area (Å²) < 4.78 is 0. The van der Waals surface area contributed by atoms with Crippen LogP contribution in [0.1, 0.15) is 23.0 Å². The Morgan fingerprint density at radius 3 is 2.86 bits per heavy atom. The van der Waals surface area contributed by atoms with Crippen LogP contribution >= 0.6 is 0 Å². The molecule has 1 aromatic rings. The minimum atomic E-state index is -0.591. The van der Waals surface area contributed by atoms with Crippen LogP contribution in [0.25, 0.3) is 0 Å². The van der Waals surface area contributed by atoms with Crippen LogP contribution in [-0.2, 0) is 4.79 Å². The number of H-pyrrole nitrogens is 1. The van der Waals surface area contributed by atoms with Crippen LogP contribution in [0.5, 0.6) is 0 Å². The first-order chi connectivity index (χ1) is 10.0. The highest BCUT2D eigenvalue weighted by Gasteiger charge is 2.33. The molecule has 7 heteroatoms. The Labute approximate surface area is 122 Å². The molecule has 1 saturated heterocycles. The second-order valence-corrected chi connectivity index (χ2v) is 5.00. The molecule has 2 amide bonds. The molecule has 1 aromatic heterocycles. The molecule has 2 heterocycles. The first kappa shape index (κ1) is 15.2. The van der Waals surface area contributed by atoms with E-state index in [-0.39, 0.29) is 11.5 Å². The maximum atomic E-state index is 12.5. The normalized spacial score (nSPS) is 18.4. The molecule has 1 atom stereocenters. The van der Waals surface area contributed by atoms with Gasteiger partial charge < -0.3 is 20.5 Å². The van der Waals surface area contributed by atoms with Gasteiger partial charge in [-0.15, -0.1) is 0 Å². The summed E-state index contributed by atoms with van der Waals surface area (Å²) in [7, 11) is 0. The van der Waals surface area contributed by atoms with E-state index in [1.54, 1.807) is 13.0 Å². The van der Waals surface area contributed by atoms with Gasteiger partial charge in [0.05, 0.1) is 0 Å². The SMILES string of the molecule is CCNC(=O)C1CNCCN1C(=O)c1ccc(C)[nH]c1=O. The Morgan fingerprint density at radius 2 is 2.19 bits per heavy atom. The topological polar surface area (TPSA) is 94.3 Å². The molecule has 0 spiro atoms. The molecular weight excluding hydrogens is 272 g/mol. The van der Waals surface area contributed by atoms with Crippen molar-refractivity contribution in [2.24, 2.45) is 0 Å². The third kappa shape index (κ3) is 3.30. The largest absolute Gasteiger partial charge is 0.355 e. The molecule has 2 rings (SSSR count). The molecule has 0 bridgehead atoms. The third-order valence-electron chi connectivity index (χ3n) is 3.44. The number of nitrogens with one attached hydrogen (secondary N) is 3. The monoisotopic (exact) mass is 292 g/mol. The molecule has 0 radical (unpaired) electrons. The highest BCUT2D eigenvalue weighted by molar-refractivity contribution is 5.97. The van der Waals surface area contributed by atoms with Crippen molar-refractivity contribution < 1.29 is 9.59 Å². The number of piperazine rings is 1. The number of hydrogen-bond acceptors (Lipinski definition) is 4. The van der Waals surface area contributed by atoms with Gasteiger partial charge in [0.15, 0.2) is 0 Å². The minimum absolute atomic E-state index is 0.0665. The van der Waals surface area contributed by atoms with Crippen LogP contribution in [0.4, 0.5) is 0 Å². The van der Waals surface area contributed by atoms with Gasteiger partial charge in [0.25, 0.3) is 11.5 Å². The quantitative estimate of drug-likeness (QED) is 0.682. The van der Waals surface area contributed by atoms with Crippen LogP contribution in [0.3, 0.4) is 0 Å². The van der Waals surface area contributed by atoms with Gasteiger partial charge >= 0.3 is 0 Å². The van der Waals surface area contributed by atoms with Gasteiger partial charge in [-0.05, 0) is 26.0 Å². The minimum Gasteiger partial charge on any atom is -0.355 e. The van der Waals surface area contributed by atoms with E-state index in [0.717, 1.165) is 0 Å². The number of rotatable bonds is 3. The zero-order valence-electron chi connectivity index (χ0n) is 12.2. The van der Waals surface area contributed by atoms with Crippen molar-refractivity contribution in [3.8, 4) is 0 Å². The molecule has 3 N–H and O–H groups in total. The number of carbonyl (C=O) groups excluding carboxylic acids is 2. The molecule has 0 saturated carbocycles. The number of amides is 2. The van der Waals surface area contributed by atoms with E-state index in [4.69, 9.17) is 0 Å². The molecule has 1 aliphatic rings. The number of likely N-dealkylation sites (N-methyl/N-ethyl adjacent to an activating group) is 1. The van der Waals surface area contributed by atoms with Gasteiger partial charge in [0.1, 0.15) is 11.6 Å². The summed E-state index contributed by atoms with van der Waals surface area (Å²) >= 11 is 0. The maximum absolute atomic E-state index is 12.5. The number of nitrogens with zero attached hydrogens (tertiary/aromatic N) is 1. The van der Waals surface area contributed by atoms with Crippen LogP contribution in [-0.4, -0.2) is 53.9 Å². The number of hydrogen-bond donors (Lipinski definition) is 3. The summed E-state index contributed by atoms with van der Waals surface area (Å²) in [4.78, 5) is 40.6. The number of pyridine rings is 1. The fourth-order valence-electron chi connectivity index (χ4n) is 2.37. The highest BCUT2D eigenvalue weighted by Crippen LogP contribution is 2.09. The highest BCUT2D eigenvalue weighted by atomic mass is 16.2. The Hall–Kier alpha value is -2.15. The Balaban J connectivity index is 2.26. The fraction of sp³-hybridized carbons (Fsp3) is 0.500. The number of carbonyl (C=O) groups is 2. The molecule has 1 aliphatic heterocycles. The van der Waals surface area contributed by atoms with Gasteiger partial charge in [0.2, 0.25) is 5.91 Å². The lowest BCUT2D eigenvalue weighted by Gasteiger charge is -2.35. The van der Waals surface area contributed by atoms with Crippen molar-refractivity contribution in [2.75, 3.05) is 26.2 Å². The maximum Gasteiger partial charge on any atom is 0.260 e. The average Bonchev–Trinajstić information content (AvgIpc) is 2.47. The summed E-state index contributed by atoms with van der Waals surface area (Å²) in [6.45, 7) is 5.46. The Kier molecular flexibility index (Phi) is 4.74. The smallest absolute Gasteiger partial charge is 0.260 e. The standard InChI is InChI=1S/C14H20N4O3/c1-3-16-13(20)11-8-15-6-7-18(11)14(21)10-5-4-9(2)17-12(10)19/h4-5,11,15H,3,6-8H2,1-2H3,(H,16,20)(H,17,19). The van der Waals surface area contributed by atoms with Gasteiger partial charge in [-0.25, -0.2) is 0 Å². The van der Waals surface area contributed by atoms with E-state index in [1.165, 1.54) is 11.0 Å². The molecular formula is C14H20N4O3. The van der Waals surface area contributed by atoms with Gasteiger partial charge in [-0.3, -0.25) is 14.4 Å². The lowest BCUT2D eigenvalue weighted by atomic mass is 10.1. The summed E-state index contributed by atoms with van der Waals surface area (Å²) in [6.07, 6.45) is 0. The number of aromatic amines is 1. The summed E-state index contributed by atoms with van der Waals surface area (Å²) in [6, 6.07) is 2.59. The first-order valence-corrected chi connectivity index (χ1v) is 7.04. The lowest BCUT2D eigenvalue weighted by molar-refractivity contribution is -0.126. The molecule has 1 fully saturated rings. The first-order valence-electron chi connectivity index (χ1n) is 7.04. The molecule has 7 nitrogen and oxygen atoms in total. The number of aromatic nitrogens is 1. The van der Waals surface area contributed by atoms with Crippen LogP contribution < -0.4 is 16.2 Å². The average molecular weight is 292 g/mol. The molecule has 21 heavy (non-hydrogen) atoms. The molecule has 1 unspecified atom stereocenters. The Morgan fingerprint density at radius 1 is 1.43 bits per heavy atom. The van der Waals surface area contributed by atoms with Crippen molar-refractivity contribution in [1.82, 2.24) is 20.5 Å². The summed E-state index contributed by atoms with van der Waals surface area (Å²) in [5, 5.41) is 5.81. The van der Waals surface area contributed by atoms with Crippen molar-refractivity contribution in [2.45, 2.75) is 19.9 Å². The van der Waals surface area contributed by atoms with Crippen molar-refractivity contribution in [1.29, 1.82) is 0 Å². The molecule has 0 aliphatic carbocycles. The predicted molar refractivity (Wildman–Crippen MR) is 78.2 cm³/mol. The third-order valence-corrected chi connectivity index (χ3v) is 3.44. The summed E-state index contributed by atoms with van der Waals surface area (Å²) in [5.74, 6) is -0.615. The van der Waals surface area contributed by atoms with Gasteiger partial charge in [-0.2, -0.15) is 0 Å². The van der Waals surface area contributed by atoms with Crippen LogP contribution in [0, 0.1) is 6.92 Å². The van der Waals surface area contributed by atoms with E-state index in [0.29, 0.717) is 31.9 Å². The van der Waals surface area contributed by atoms with Gasteiger partial charge in [0, 0.05) is 31.9 Å². The fourth-order valence-corrected chi connectivity index (χ4v) is 2.37. The molecule has 114 valence electrons. The van der Waals surface area contributed by atoms with E-state index in [9.17, 15) is 14.4 Å². The second kappa shape index (κ2) is 6.53. The van der Waals surface area contributed by atoms with Crippen molar-refractivity contribution in [3.63, 3.8) is 0 Å². The van der Waals surface area contributed by atoms with E-state index in [1.807, 2.05) is 6.92 Å². The van der Waals surface area contributed by atoms with E-state index in [2.05, 4.69) is 15.6 Å². The zero-order valence-corrected chi connectivity index (χ0v) is 12.2. The lowest BCUT2D eigenvalue weighted by Crippen LogP contribution is -2.60. The van der Waals surface area contributed by atoms with Crippen LogP contribution in [0.15, 0.2) is 16.9 Å². The van der Waals surface area contributed by atoms with E-state index >= 15 is 0 Å². The predicted octanol–water partition coefficient (Wildman–Crippen LogP) is -0.767. The van der Waals surface area contributed by atoms with Crippen molar-refractivity contribution >= 4 is 11.8 Å². The van der Waals surface area contributed by atoms with Crippen LogP contribution in [0.2, 0.25) is 0 Å². The summed E-state index contributed by atoms with van der Waals surface area (Å²) in [5.41, 5.74) is 0.335.